The van der Waals surface area contributed by atoms with Crippen LogP contribution in [0.25, 0.3) is 0 Å². The van der Waals surface area contributed by atoms with Gasteiger partial charge in [0.15, 0.2) is 6.08 Å². The molecule has 0 fully saturated rings. The lowest BCUT2D eigenvalue weighted by molar-refractivity contribution is 0.391. The molecule has 0 saturated heterocycles. The molecule has 0 bridgehead atoms. The first kappa shape index (κ1) is 21.2. The highest BCUT2D eigenvalue weighted by atomic mass is 15.1. The highest BCUT2D eigenvalue weighted by Gasteiger charge is 2.05. The summed E-state index contributed by atoms with van der Waals surface area (Å²) in [5, 5.41) is 0. The lowest BCUT2D eigenvalue weighted by atomic mass is 10.0. The van der Waals surface area contributed by atoms with Gasteiger partial charge >= 0.3 is 0 Å². The molecule has 0 radical (unpaired) electrons. The second-order valence-corrected chi connectivity index (χ2v) is 7.48. The minimum Gasteiger partial charge on any atom is -0.297 e. The van der Waals surface area contributed by atoms with Crippen LogP contribution in [-0.2, 0) is 0 Å². The summed E-state index contributed by atoms with van der Waals surface area (Å²) < 4.78 is 0. The Hall–Kier alpha value is -0.810. The SMILES string of the molecule is CCCCCCCCCCCCCCCCCCN1C=C[C+]=CC1. The van der Waals surface area contributed by atoms with Crippen molar-refractivity contribution in [1.82, 2.24) is 4.90 Å². The van der Waals surface area contributed by atoms with E-state index < -0.39 is 0 Å². The number of rotatable bonds is 17. The Morgan fingerprint density at radius 3 is 1.54 bits per heavy atom. The number of hydrogen-bond acceptors (Lipinski definition) is 1. The molecule has 1 heteroatoms. The monoisotopic (exact) mass is 332 g/mol. The van der Waals surface area contributed by atoms with Gasteiger partial charge in [0.25, 0.3) is 0 Å². The second kappa shape index (κ2) is 17.0. The molecule has 0 atom stereocenters. The van der Waals surface area contributed by atoms with Gasteiger partial charge < -0.3 is 0 Å². The van der Waals surface area contributed by atoms with E-state index in [0.29, 0.717) is 0 Å². The molecule has 24 heavy (non-hydrogen) atoms. The minimum absolute atomic E-state index is 1.05. The van der Waals surface area contributed by atoms with Crippen LogP contribution in [-0.4, -0.2) is 18.0 Å². The molecule has 0 spiro atoms. The van der Waals surface area contributed by atoms with Crippen LogP contribution in [0.1, 0.15) is 110 Å². The Morgan fingerprint density at radius 2 is 1.12 bits per heavy atom. The first-order valence-corrected chi connectivity index (χ1v) is 10.9. The van der Waals surface area contributed by atoms with Gasteiger partial charge in [0.05, 0.1) is 18.7 Å². The molecule has 1 aliphatic rings. The number of hydrogen-bond donors (Lipinski definition) is 0. The average Bonchev–Trinajstić information content (AvgIpc) is 2.62. The molecule has 1 nitrogen and oxygen atoms in total. The van der Waals surface area contributed by atoms with Gasteiger partial charge in [-0.05, 0) is 6.42 Å². The van der Waals surface area contributed by atoms with E-state index in [1.807, 2.05) is 6.08 Å². The summed E-state index contributed by atoms with van der Waals surface area (Å²) in [5.74, 6) is 0. The molecule has 0 aromatic carbocycles. The molecule has 1 rings (SSSR count). The molecule has 0 aromatic heterocycles. The van der Waals surface area contributed by atoms with Gasteiger partial charge in [0, 0.05) is 6.54 Å². The molecular weight excluding hydrogens is 290 g/mol. The van der Waals surface area contributed by atoms with Crippen molar-refractivity contribution >= 4 is 0 Å². The number of nitrogens with zero attached hydrogens (tertiary/aromatic N) is 1. The molecule has 0 aromatic rings. The molecule has 0 unspecified atom stereocenters. The van der Waals surface area contributed by atoms with Crippen LogP contribution in [0.3, 0.4) is 0 Å². The van der Waals surface area contributed by atoms with Gasteiger partial charge in [-0.1, -0.05) is 103 Å². The number of unbranched alkanes of at least 4 members (excludes halogenated alkanes) is 15. The Balaban J connectivity index is 1.67. The fourth-order valence-corrected chi connectivity index (χ4v) is 3.48. The fourth-order valence-electron chi connectivity index (χ4n) is 3.48. The smallest absolute Gasteiger partial charge is 0.176 e. The van der Waals surface area contributed by atoms with Crippen molar-refractivity contribution in [2.75, 3.05) is 13.1 Å². The predicted octanol–water partition coefficient (Wildman–Crippen LogP) is 7.44. The summed E-state index contributed by atoms with van der Waals surface area (Å²) in [6.07, 6.45) is 32.5. The Kier molecular flexibility index (Phi) is 15.1. The topological polar surface area (TPSA) is 3.24 Å². The van der Waals surface area contributed by atoms with Gasteiger partial charge in [-0.25, -0.2) is 0 Å². The van der Waals surface area contributed by atoms with Crippen molar-refractivity contribution in [3.63, 3.8) is 0 Å². The van der Waals surface area contributed by atoms with Crippen molar-refractivity contribution < 1.29 is 0 Å². The highest BCUT2D eigenvalue weighted by molar-refractivity contribution is 5.02. The maximum atomic E-state index is 3.12. The van der Waals surface area contributed by atoms with E-state index in [1.54, 1.807) is 0 Å². The lowest BCUT2D eigenvalue weighted by Crippen LogP contribution is -2.19. The standard InChI is InChI=1S/C23H42N/c1-2-3-4-5-6-7-8-9-10-11-12-13-14-15-16-18-21-24-22-19-17-20-23-24/h19-20,22H,2-16,18,21,23H2,1H3/q+1. The molecular formula is C23H42N+. The van der Waals surface area contributed by atoms with E-state index >= 15 is 0 Å². The van der Waals surface area contributed by atoms with Gasteiger partial charge in [-0.2, -0.15) is 0 Å². The van der Waals surface area contributed by atoms with E-state index in [-0.39, 0.29) is 0 Å². The van der Waals surface area contributed by atoms with E-state index in [4.69, 9.17) is 0 Å². The van der Waals surface area contributed by atoms with Gasteiger partial charge in [-0.15, -0.1) is 0 Å². The zero-order chi connectivity index (χ0) is 17.1. The highest BCUT2D eigenvalue weighted by Crippen LogP contribution is 2.14. The average molecular weight is 333 g/mol. The van der Waals surface area contributed by atoms with Crippen molar-refractivity contribution in [3.05, 3.63) is 24.4 Å². The third-order valence-electron chi connectivity index (χ3n) is 5.12. The maximum absolute atomic E-state index is 3.12. The van der Waals surface area contributed by atoms with Crippen LogP contribution in [0.4, 0.5) is 0 Å². The third kappa shape index (κ3) is 13.6. The summed E-state index contributed by atoms with van der Waals surface area (Å²) in [6, 6.07) is 0. The first-order valence-electron chi connectivity index (χ1n) is 10.9. The van der Waals surface area contributed by atoms with Gasteiger partial charge in [-0.3, -0.25) is 4.90 Å². The Bertz CT molecular complexity index is 305. The van der Waals surface area contributed by atoms with Crippen LogP contribution in [0, 0.1) is 6.08 Å². The van der Waals surface area contributed by atoms with Gasteiger partial charge in [0.1, 0.15) is 6.20 Å². The summed E-state index contributed by atoms with van der Waals surface area (Å²) in [6.45, 7) is 4.56. The van der Waals surface area contributed by atoms with Crippen LogP contribution >= 0.6 is 0 Å². The molecule has 138 valence electrons. The summed E-state index contributed by atoms with van der Waals surface area (Å²) in [7, 11) is 0. The van der Waals surface area contributed by atoms with E-state index in [0.717, 1.165) is 6.54 Å². The first-order chi connectivity index (χ1) is 11.9. The van der Waals surface area contributed by atoms with Crippen molar-refractivity contribution in [1.29, 1.82) is 0 Å². The molecule has 0 saturated carbocycles. The van der Waals surface area contributed by atoms with Crippen LogP contribution in [0.5, 0.6) is 0 Å². The quantitative estimate of drug-likeness (QED) is 0.198. The Morgan fingerprint density at radius 1 is 0.667 bits per heavy atom. The zero-order valence-electron chi connectivity index (χ0n) is 16.4. The maximum Gasteiger partial charge on any atom is 0.176 e. The lowest BCUT2D eigenvalue weighted by Gasteiger charge is -2.13. The normalized spacial score (nSPS) is 13.5. The molecule has 1 heterocycles. The number of allylic oxidation sites excluding steroid dienone is 2. The Labute approximate surface area is 152 Å². The fraction of sp³-hybridized carbons (Fsp3) is 0.826. The van der Waals surface area contributed by atoms with Crippen LogP contribution in [0.2, 0.25) is 0 Å². The van der Waals surface area contributed by atoms with Crippen molar-refractivity contribution in [3.8, 4) is 0 Å². The molecule has 1 aliphatic heterocycles. The summed E-state index contributed by atoms with van der Waals surface area (Å²) >= 11 is 0. The predicted molar refractivity (Wildman–Crippen MR) is 108 cm³/mol. The minimum atomic E-state index is 1.05. The van der Waals surface area contributed by atoms with E-state index in [1.165, 1.54) is 109 Å². The van der Waals surface area contributed by atoms with E-state index in [9.17, 15) is 0 Å². The molecule has 0 N–H and O–H groups in total. The largest absolute Gasteiger partial charge is 0.297 e. The van der Waals surface area contributed by atoms with Crippen molar-refractivity contribution in [2.45, 2.75) is 110 Å². The molecule has 0 aliphatic carbocycles. The molecule has 0 amide bonds. The van der Waals surface area contributed by atoms with Crippen LogP contribution < -0.4 is 0 Å². The zero-order valence-corrected chi connectivity index (χ0v) is 16.4. The summed E-state index contributed by atoms with van der Waals surface area (Å²) in [4.78, 5) is 2.39. The van der Waals surface area contributed by atoms with Crippen LogP contribution in [0.15, 0.2) is 18.4 Å². The van der Waals surface area contributed by atoms with E-state index in [2.05, 4.69) is 30.2 Å². The van der Waals surface area contributed by atoms with Gasteiger partial charge in [0.2, 0.25) is 0 Å². The summed E-state index contributed by atoms with van der Waals surface area (Å²) in [5.41, 5.74) is 0. The van der Waals surface area contributed by atoms with Crippen molar-refractivity contribution in [2.24, 2.45) is 0 Å². The second-order valence-electron chi connectivity index (χ2n) is 7.48. The third-order valence-corrected chi connectivity index (χ3v) is 5.12.